The fourth-order valence-electron chi connectivity index (χ4n) is 0.926. The van der Waals surface area contributed by atoms with E-state index in [9.17, 15) is 4.79 Å². The molecule has 68 valence electrons. The number of aromatic nitrogens is 1. The first-order chi connectivity index (χ1) is 6.25. The van der Waals surface area contributed by atoms with Gasteiger partial charge < -0.3 is 5.73 Å². The number of anilines is 1. The van der Waals surface area contributed by atoms with Crippen molar-refractivity contribution in [3.63, 3.8) is 0 Å². The largest absolute Gasteiger partial charge is 0.398 e. The van der Waals surface area contributed by atoms with Crippen LogP contribution in [-0.2, 0) is 0 Å². The molecule has 0 spiro atoms. The van der Waals surface area contributed by atoms with E-state index in [1.54, 1.807) is 18.3 Å². The van der Waals surface area contributed by atoms with Gasteiger partial charge in [-0.1, -0.05) is 13.0 Å². The molecular weight excluding hydrogens is 164 g/mol. The van der Waals surface area contributed by atoms with Crippen molar-refractivity contribution in [3.05, 3.63) is 36.2 Å². The Morgan fingerprint density at radius 1 is 1.69 bits per heavy atom. The lowest BCUT2D eigenvalue weighted by atomic mass is 10.1. The number of hydrogen-bond donors (Lipinski definition) is 1. The molecular formula is C10H12N2O. The number of hydrogen-bond acceptors (Lipinski definition) is 3. The minimum Gasteiger partial charge on any atom is -0.398 e. The molecule has 1 aromatic heterocycles. The number of nitrogens with zero attached hydrogens (tertiary/aromatic N) is 1. The first-order valence-corrected chi connectivity index (χ1v) is 4.16. The van der Waals surface area contributed by atoms with Crippen LogP contribution in [0.5, 0.6) is 0 Å². The molecule has 0 fully saturated rings. The predicted molar refractivity (Wildman–Crippen MR) is 52.4 cm³/mol. The van der Waals surface area contributed by atoms with Crippen LogP contribution in [0.15, 0.2) is 30.6 Å². The van der Waals surface area contributed by atoms with Crippen LogP contribution in [0.2, 0.25) is 0 Å². The maximum atomic E-state index is 11.4. The number of carbonyl (C=O) groups excluding carboxylic acids is 1. The van der Waals surface area contributed by atoms with Crippen LogP contribution in [0, 0.1) is 0 Å². The highest BCUT2D eigenvalue weighted by molar-refractivity contribution is 6.07. The van der Waals surface area contributed by atoms with Crippen LogP contribution < -0.4 is 5.73 Å². The maximum Gasteiger partial charge on any atom is 0.189 e. The minimum absolute atomic E-state index is 0.0903. The van der Waals surface area contributed by atoms with Gasteiger partial charge in [-0.05, 0) is 18.6 Å². The monoisotopic (exact) mass is 176 g/mol. The zero-order valence-corrected chi connectivity index (χ0v) is 7.53. The SMILES string of the molecule is CC/C=C/C(=O)c1cnccc1N. The highest BCUT2D eigenvalue weighted by Crippen LogP contribution is 2.09. The third-order valence-corrected chi connectivity index (χ3v) is 1.63. The molecule has 0 amide bonds. The van der Waals surface area contributed by atoms with Gasteiger partial charge in [0.05, 0.1) is 5.56 Å². The second-order valence-electron chi connectivity index (χ2n) is 2.64. The molecule has 0 aliphatic rings. The molecule has 1 heterocycles. The quantitative estimate of drug-likeness (QED) is 0.564. The topological polar surface area (TPSA) is 56.0 Å². The van der Waals surface area contributed by atoms with E-state index in [2.05, 4.69) is 4.98 Å². The van der Waals surface area contributed by atoms with Gasteiger partial charge in [0.1, 0.15) is 0 Å². The van der Waals surface area contributed by atoms with E-state index in [0.717, 1.165) is 6.42 Å². The normalized spacial score (nSPS) is 10.5. The first kappa shape index (κ1) is 9.45. The molecule has 3 nitrogen and oxygen atoms in total. The summed E-state index contributed by atoms with van der Waals surface area (Å²) in [7, 11) is 0. The van der Waals surface area contributed by atoms with Crippen LogP contribution in [0.3, 0.4) is 0 Å². The van der Waals surface area contributed by atoms with Crippen molar-refractivity contribution < 1.29 is 4.79 Å². The van der Waals surface area contributed by atoms with Crippen LogP contribution in [-0.4, -0.2) is 10.8 Å². The Labute approximate surface area is 77.3 Å². The number of nitrogen functional groups attached to an aromatic ring is 1. The van der Waals surface area contributed by atoms with Gasteiger partial charge >= 0.3 is 0 Å². The van der Waals surface area contributed by atoms with E-state index < -0.39 is 0 Å². The van der Waals surface area contributed by atoms with Gasteiger partial charge in [0, 0.05) is 18.1 Å². The van der Waals surface area contributed by atoms with E-state index in [1.165, 1.54) is 12.3 Å². The van der Waals surface area contributed by atoms with E-state index >= 15 is 0 Å². The zero-order chi connectivity index (χ0) is 9.68. The molecule has 1 aromatic rings. The summed E-state index contributed by atoms with van der Waals surface area (Å²) >= 11 is 0. The predicted octanol–water partition coefficient (Wildman–Crippen LogP) is 1.81. The maximum absolute atomic E-state index is 11.4. The summed E-state index contributed by atoms with van der Waals surface area (Å²) in [5.41, 5.74) is 6.54. The van der Waals surface area contributed by atoms with Gasteiger partial charge in [-0.15, -0.1) is 0 Å². The van der Waals surface area contributed by atoms with E-state index in [0.29, 0.717) is 11.3 Å². The molecule has 0 unspecified atom stereocenters. The highest BCUT2D eigenvalue weighted by atomic mass is 16.1. The van der Waals surface area contributed by atoms with E-state index in [-0.39, 0.29) is 5.78 Å². The Hall–Kier alpha value is -1.64. The Morgan fingerprint density at radius 2 is 2.46 bits per heavy atom. The molecule has 0 aromatic carbocycles. The number of allylic oxidation sites excluding steroid dienone is 2. The molecule has 1 rings (SSSR count). The summed E-state index contributed by atoms with van der Waals surface area (Å²) in [6, 6.07) is 1.62. The summed E-state index contributed by atoms with van der Waals surface area (Å²) in [6.45, 7) is 1.97. The lowest BCUT2D eigenvalue weighted by Gasteiger charge is -1.98. The van der Waals surface area contributed by atoms with Gasteiger partial charge in [-0.25, -0.2) is 0 Å². The van der Waals surface area contributed by atoms with E-state index in [1.807, 2.05) is 6.92 Å². The van der Waals surface area contributed by atoms with Crippen molar-refractivity contribution in [2.24, 2.45) is 0 Å². The molecule has 0 saturated heterocycles. The Kier molecular flexibility index (Phi) is 3.20. The van der Waals surface area contributed by atoms with Crippen molar-refractivity contribution in [1.29, 1.82) is 0 Å². The number of nitrogens with two attached hydrogens (primary N) is 1. The van der Waals surface area contributed by atoms with Gasteiger partial charge in [0.15, 0.2) is 5.78 Å². The Bertz CT molecular complexity index is 331. The lowest BCUT2D eigenvalue weighted by Crippen LogP contribution is -2.01. The average Bonchev–Trinajstić information content (AvgIpc) is 2.15. The van der Waals surface area contributed by atoms with Crippen LogP contribution >= 0.6 is 0 Å². The summed E-state index contributed by atoms with van der Waals surface area (Å²) in [5.74, 6) is -0.0903. The van der Waals surface area contributed by atoms with Crippen molar-refractivity contribution in [1.82, 2.24) is 4.98 Å². The molecule has 0 aliphatic carbocycles. The van der Waals surface area contributed by atoms with Crippen molar-refractivity contribution in [2.75, 3.05) is 5.73 Å². The summed E-state index contributed by atoms with van der Waals surface area (Å²) in [6.07, 6.45) is 7.21. The molecule has 0 bridgehead atoms. The van der Waals surface area contributed by atoms with E-state index in [4.69, 9.17) is 5.73 Å². The highest BCUT2D eigenvalue weighted by Gasteiger charge is 2.04. The molecule has 0 aliphatic heterocycles. The van der Waals surface area contributed by atoms with Crippen molar-refractivity contribution in [2.45, 2.75) is 13.3 Å². The summed E-state index contributed by atoms with van der Waals surface area (Å²) in [5, 5.41) is 0. The van der Waals surface area contributed by atoms with Crippen LogP contribution in [0.25, 0.3) is 0 Å². The second-order valence-corrected chi connectivity index (χ2v) is 2.64. The zero-order valence-electron chi connectivity index (χ0n) is 7.53. The molecule has 0 radical (unpaired) electrons. The third kappa shape index (κ3) is 2.40. The third-order valence-electron chi connectivity index (χ3n) is 1.63. The molecule has 3 heteroatoms. The van der Waals surface area contributed by atoms with Crippen molar-refractivity contribution >= 4 is 11.5 Å². The van der Waals surface area contributed by atoms with Gasteiger partial charge in [0.25, 0.3) is 0 Å². The lowest BCUT2D eigenvalue weighted by molar-refractivity contribution is 0.104. The molecule has 0 atom stereocenters. The molecule has 0 saturated carbocycles. The number of pyridine rings is 1. The summed E-state index contributed by atoms with van der Waals surface area (Å²) < 4.78 is 0. The number of rotatable bonds is 3. The molecule has 13 heavy (non-hydrogen) atoms. The smallest absolute Gasteiger partial charge is 0.189 e. The van der Waals surface area contributed by atoms with Gasteiger partial charge in [-0.3, -0.25) is 9.78 Å². The summed E-state index contributed by atoms with van der Waals surface area (Å²) in [4.78, 5) is 15.3. The van der Waals surface area contributed by atoms with Gasteiger partial charge in [0.2, 0.25) is 0 Å². The Balaban J connectivity index is 2.89. The van der Waals surface area contributed by atoms with Crippen molar-refractivity contribution in [3.8, 4) is 0 Å². The Morgan fingerprint density at radius 3 is 3.08 bits per heavy atom. The fourth-order valence-corrected chi connectivity index (χ4v) is 0.926. The fraction of sp³-hybridized carbons (Fsp3) is 0.200. The van der Waals surface area contributed by atoms with Gasteiger partial charge in [-0.2, -0.15) is 0 Å². The number of ketones is 1. The van der Waals surface area contributed by atoms with Crippen LogP contribution in [0.4, 0.5) is 5.69 Å². The first-order valence-electron chi connectivity index (χ1n) is 4.16. The molecule has 2 N–H and O–H groups in total. The minimum atomic E-state index is -0.0903. The standard InChI is InChI=1S/C10H12N2O/c1-2-3-4-10(13)8-7-12-6-5-9(8)11/h3-7H,2H2,1H3,(H2,11,12)/b4-3+. The number of carbonyl (C=O) groups is 1. The van der Waals surface area contributed by atoms with Crippen LogP contribution in [0.1, 0.15) is 23.7 Å². The second kappa shape index (κ2) is 4.40. The average molecular weight is 176 g/mol.